The molecule has 2 rings (SSSR count). The molecule has 2 heterocycles. The van der Waals surface area contributed by atoms with Gasteiger partial charge in [0.25, 0.3) is 0 Å². The van der Waals surface area contributed by atoms with Gasteiger partial charge in [0.2, 0.25) is 5.91 Å². The van der Waals surface area contributed by atoms with Gasteiger partial charge in [-0.15, -0.1) is 0 Å². The lowest BCUT2D eigenvalue weighted by atomic mass is 9.89. The largest absolute Gasteiger partial charge is 0.342 e. The highest BCUT2D eigenvalue weighted by Crippen LogP contribution is 2.24. The van der Waals surface area contributed by atoms with Crippen molar-refractivity contribution in [1.82, 2.24) is 10.2 Å². The Morgan fingerprint density at radius 2 is 1.76 bits per heavy atom. The summed E-state index contributed by atoms with van der Waals surface area (Å²) in [7, 11) is 0. The highest BCUT2D eigenvalue weighted by molar-refractivity contribution is 5.79. The lowest BCUT2D eigenvalue weighted by Gasteiger charge is -2.38. The third-order valence-corrected chi connectivity index (χ3v) is 4.19. The zero-order chi connectivity index (χ0) is 12.4. The van der Waals surface area contributed by atoms with Crippen molar-refractivity contribution in [2.45, 2.75) is 46.1 Å². The molecule has 1 amide bonds. The summed E-state index contributed by atoms with van der Waals surface area (Å²) in [4.78, 5) is 14.5. The van der Waals surface area contributed by atoms with Gasteiger partial charge in [-0.3, -0.25) is 4.79 Å². The van der Waals surface area contributed by atoms with Crippen molar-refractivity contribution < 1.29 is 4.79 Å². The topological polar surface area (TPSA) is 32.3 Å². The zero-order valence-corrected chi connectivity index (χ0v) is 11.4. The molecule has 1 N–H and O–H groups in total. The molecule has 2 saturated heterocycles. The van der Waals surface area contributed by atoms with Gasteiger partial charge in [-0.25, -0.2) is 0 Å². The molecule has 4 unspecified atom stereocenters. The van der Waals surface area contributed by atoms with Crippen molar-refractivity contribution in [2.75, 3.05) is 19.6 Å². The Balaban J connectivity index is 1.90. The van der Waals surface area contributed by atoms with Gasteiger partial charge >= 0.3 is 0 Å². The standard InChI is InChI=1S/C14H26N2O/c1-10-6-11(2)9-16(8-10)14(17)13-5-4-12(3)15-7-13/h10-13,15H,4-9H2,1-3H3. The predicted molar refractivity (Wildman–Crippen MR) is 69.7 cm³/mol. The molecule has 17 heavy (non-hydrogen) atoms. The molecule has 3 heteroatoms. The van der Waals surface area contributed by atoms with Gasteiger partial charge in [-0.1, -0.05) is 13.8 Å². The number of hydrogen-bond donors (Lipinski definition) is 1. The number of piperidine rings is 2. The average molecular weight is 238 g/mol. The van der Waals surface area contributed by atoms with Crippen LogP contribution in [0.3, 0.4) is 0 Å². The van der Waals surface area contributed by atoms with Crippen LogP contribution in [0, 0.1) is 17.8 Å². The monoisotopic (exact) mass is 238 g/mol. The number of likely N-dealkylation sites (tertiary alicyclic amines) is 1. The second-order valence-corrected chi connectivity index (χ2v) is 6.27. The summed E-state index contributed by atoms with van der Waals surface area (Å²) in [6.45, 7) is 9.53. The van der Waals surface area contributed by atoms with Crippen molar-refractivity contribution in [3.05, 3.63) is 0 Å². The first-order valence-corrected chi connectivity index (χ1v) is 7.08. The molecule has 98 valence electrons. The van der Waals surface area contributed by atoms with E-state index in [1.54, 1.807) is 0 Å². The summed E-state index contributed by atoms with van der Waals surface area (Å²) >= 11 is 0. The lowest BCUT2D eigenvalue weighted by molar-refractivity contribution is -0.139. The molecule has 0 aliphatic carbocycles. The number of carbonyl (C=O) groups is 1. The summed E-state index contributed by atoms with van der Waals surface area (Å²) in [6, 6.07) is 0.582. The van der Waals surface area contributed by atoms with Crippen LogP contribution in [-0.4, -0.2) is 36.5 Å². The van der Waals surface area contributed by atoms with Crippen LogP contribution in [0.15, 0.2) is 0 Å². The zero-order valence-electron chi connectivity index (χ0n) is 11.4. The first-order valence-electron chi connectivity index (χ1n) is 7.08. The fraction of sp³-hybridized carbons (Fsp3) is 0.929. The SMILES string of the molecule is CC1CC(C)CN(C(=O)C2CCC(C)NC2)C1. The predicted octanol–water partition coefficient (Wildman–Crippen LogP) is 1.88. The summed E-state index contributed by atoms with van der Waals surface area (Å²) in [5.41, 5.74) is 0. The molecule has 0 spiro atoms. The van der Waals surface area contributed by atoms with Gasteiger partial charge in [0, 0.05) is 25.7 Å². The number of nitrogens with one attached hydrogen (secondary N) is 1. The highest BCUT2D eigenvalue weighted by atomic mass is 16.2. The van der Waals surface area contributed by atoms with Crippen molar-refractivity contribution in [3.63, 3.8) is 0 Å². The van der Waals surface area contributed by atoms with Gasteiger partial charge in [-0.2, -0.15) is 0 Å². The minimum atomic E-state index is 0.226. The van der Waals surface area contributed by atoms with E-state index in [-0.39, 0.29) is 5.92 Å². The van der Waals surface area contributed by atoms with E-state index < -0.39 is 0 Å². The second kappa shape index (κ2) is 5.38. The number of hydrogen-bond acceptors (Lipinski definition) is 2. The Kier molecular flexibility index (Phi) is 4.08. The van der Waals surface area contributed by atoms with Crippen LogP contribution in [-0.2, 0) is 4.79 Å². The molecule has 0 bridgehead atoms. The second-order valence-electron chi connectivity index (χ2n) is 6.27. The number of carbonyl (C=O) groups excluding carboxylic acids is 1. The summed E-state index contributed by atoms with van der Waals surface area (Å²) in [5, 5.41) is 3.43. The van der Waals surface area contributed by atoms with Crippen molar-refractivity contribution in [2.24, 2.45) is 17.8 Å². The van der Waals surface area contributed by atoms with E-state index in [0.717, 1.165) is 32.5 Å². The average Bonchev–Trinajstić information content (AvgIpc) is 2.28. The fourth-order valence-corrected chi connectivity index (χ4v) is 3.31. The van der Waals surface area contributed by atoms with Gasteiger partial charge < -0.3 is 10.2 Å². The maximum Gasteiger partial charge on any atom is 0.226 e. The van der Waals surface area contributed by atoms with Crippen LogP contribution in [0.25, 0.3) is 0 Å². The number of nitrogens with zero attached hydrogens (tertiary/aromatic N) is 1. The molecule has 2 aliphatic rings. The molecule has 2 fully saturated rings. The number of rotatable bonds is 1. The van der Waals surface area contributed by atoms with Gasteiger partial charge in [0.05, 0.1) is 5.92 Å². The van der Waals surface area contributed by atoms with E-state index in [1.807, 2.05) is 0 Å². The Morgan fingerprint density at radius 1 is 1.12 bits per heavy atom. The first kappa shape index (κ1) is 12.9. The van der Waals surface area contributed by atoms with Crippen molar-refractivity contribution >= 4 is 5.91 Å². The van der Waals surface area contributed by atoms with Gasteiger partial charge in [0.15, 0.2) is 0 Å². The Bertz CT molecular complexity index is 261. The van der Waals surface area contributed by atoms with Crippen LogP contribution in [0.5, 0.6) is 0 Å². The Labute approximate surface area is 105 Å². The van der Waals surface area contributed by atoms with Crippen LogP contribution in [0.2, 0.25) is 0 Å². The van der Waals surface area contributed by atoms with Crippen LogP contribution in [0.1, 0.15) is 40.0 Å². The third-order valence-electron chi connectivity index (χ3n) is 4.19. The van der Waals surface area contributed by atoms with E-state index in [9.17, 15) is 4.79 Å². The number of amides is 1. The summed E-state index contributed by atoms with van der Waals surface area (Å²) < 4.78 is 0. The van der Waals surface area contributed by atoms with Crippen molar-refractivity contribution in [3.8, 4) is 0 Å². The molecule has 2 aliphatic heterocycles. The highest BCUT2D eigenvalue weighted by Gasteiger charge is 2.31. The summed E-state index contributed by atoms with van der Waals surface area (Å²) in [5.74, 6) is 1.95. The molecule has 0 aromatic heterocycles. The molecule has 0 aromatic carbocycles. The van der Waals surface area contributed by atoms with Gasteiger partial charge in [0.1, 0.15) is 0 Å². The van der Waals surface area contributed by atoms with Crippen LogP contribution >= 0.6 is 0 Å². The molecule has 0 aromatic rings. The van der Waals surface area contributed by atoms with Gasteiger partial charge in [-0.05, 0) is 38.0 Å². The maximum atomic E-state index is 12.4. The van der Waals surface area contributed by atoms with E-state index in [1.165, 1.54) is 6.42 Å². The quantitative estimate of drug-likeness (QED) is 0.756. The summed E-state index contributed by atoms with van der Waals surface area (Å²) in [6.07, 6.45) is 3.46. The molecule has 4 atom stereocenters. The first-order chi connectivity index (χ1) is 8.06. The van der Waals surface area contributed by atoms with Crippen LogP contribution < -0.4 is 5.32 Å². The van der Waals surface area contributed by atoms with E-state index in [0.29, 0.717) is 23.8 Å². The normalized spacial score (nSPS) is 39.1. The van der Waals surface area contributed by atoms with E-state index >= 15 is 0 Å². The molecule has 3 nitrogen and oxygen atoms in total. The Hall–Kier alpha value is -0.570. The van der Waals surface area contributed by atoms with Crippen LogP contribution in [0.4, 0.5) is 0 Å². The minimum absolute atomic E-state index is 0.226. The Morgan fingerprint density at radius 3 is 2.29 bits per heavy atom. The fourth-order valence-electron chi connectivity index (χ4n) is 3.31. The van der Waals surface area contributed by atoms with Crippen molar-refractivity contribution in [1.29, 1.82) is 0 Å². The molecule has 0 radical (unpaired) electrons. The minimum Gasteiger partial charge on any atom is -0.342 e. The van der Waals surface area contributed by atoms with E-state index in [4.69, 9.17) is 0 Å². The van der Waals surface area contributed by atoms with E-state index in [2.05, 4.69) is 31.0 Å². The lowest BCUT2D eigenvalue weighted by Crippen LogP contribution is -2.49. The molecular weight excluding hydrogens is 212 g/mol. The molecular formula is C14H26N2O. The molecule has 0 saturated carbocycles. The smallest absolute Gasteiger partial charge is 0.226 e. The third kappa shape index (κ3) is 3.21. The maximum absolute atomic E-state index is 12.4.